The van der Waals surface area contributed by atoms with Gasteiger partial charge in [0.15, 0.2) is 0 Å². The molecule has 1 atom stereocenters. The number of rotatable bonds is 9. The lowest BCUT2D eigenvalue weighted by Gasteiger charge is -2.32. The maximum Gasteiger partial charge on any atom is 0.120 e. The molecule has 0 spiro atoms. The van der Waals surface area contributed by atoms with Gasteiger partial charge in [-0.15, -0.1) is 0 Å². The summed E-state index contributed by atoms with van der Waals surface area (Å²) in [7, 11) is 1.74. The van der Waals surface area contributed by atoms with E-state index in [4.69, 9.17) is 4.74 Å². The standard InChI is InChI=1S/C32H42N2O2/c1-6-34(22-24-9-7-23(8-10-24)17-18-33-32(2,3)4)31-21-29(36-5)15-16-30(31)27-12-11-26-20-28(35)14-13-25(26)19-27/h7-10,13-16,20-21,27,33,35H,6,11-12,17-19,22H2,1-5H3/t27-/m1/s1. The first-order valence-corrected chi connectivity index (χ1v) is 13.3. The van der Waals surface area contributed by atoms with Crippen LogP contribution in [0.3, 0.4) is 0 Å². The Morgan fingerprint density at radius 3 is 2.42 bits per heavy atom. The van der Waals surface area contributed by atoms with Gasteiger partial charge in [0, 0.05) is 30.4 Å². The summed E-state index contributed by atoms with van der Waals surface area (Å²) in [6.45, 7) is 11.6. The quantitative estimate of drug-likeness (QED) is 0.356. The number of methoxy groups -OCH3 is 1. The Morgan fingerprint density at radius 1 is 0.972 bits per heavy atom. The fourth-order valence-electron chi connectivity index (χ4n) is 5.26. The molecule has 1 aliphatic carbocycles. The number of hydrogen-bond donors (Lipinski definition) is 2. The molecule has 0 amide bonds. The van der Waals surface area contributed by atoms with Crippen LogP contribution < -0.4 is 15.0 Å². The highest BCUT2D eigenvalue weighted by atomic mass is 16.5. The molecule has 0 radical (unpaired) electrons. The molecule has 0 saturated carbocycles. The van der Waals surface area contributed by atoms with Crippen molar-refractivity contribution < 1.29 is 9.84 Å². The van der Waals surface area contributed by atoms with Crippen molar-refractivity contribution in [1.29, 1.82) is 0 Å². The molecular formula is C32H42N2O2. The second kappa shape index (κ2) is 11.4. The molecule has 0 bridgehead atoms. The molecule has 0 fully saturated rings. The van der Waals surface area contributed by atoms with E-state index in [1.807, 2.05) is 12.1 Å². The second-order valence-electron chi connectivity index (χ2n) is 11.1. The topological polar surface area (TPSA) is 44.7 Å². The first-order chi connectivity index (χ1) is 17.3. The first-order valence-electron chi connectivity index (χ1n) is 13.3. The van der Waals surface area contributed by atoms with E-state index in [0.717, 1.165) is 51.1 Å². The van der Waals surface area contributed by atoms with Gasteiger partial charge in [-0.1, -0.05) is 36.4 Å². The number of phenols is 1. The third-order valence-electron chi connectivity index (χ3n) is 7.28. The van der Waals surface area contributed by atoms with Crippen LogP contribution in [0.1, 0.15) is 67.9 Å². The molecular weight excluding hydrogens is 444 g/mol. The first kappa shape index (κ1) is 26.1. The van der Waals surface area contributed by atoms with E-state index >= 15 is 0 Å². The lowest BCUT2D eigenvalue weighted by Crippen LogP contribution is -2.37. The molecule has 0 heterocycles. The van der Waals surface area contributed by atoms with E-state index < -0.39 is 0 Å². The fourth-order valence-corrected chi connectivity index (χ4v) is 5.26. The van der Waals surface area contributed by atoms with Crippen LogP contribution in [0.25, 0.3) is 0 Å². The zero-order valence-electron chi connectivity index (χ0n) is 22.6. The molecule has 0 aromatic heterocycles. The minimum absolute atomic E-state index is 0.151. The average molecular weight is 487 g/mol. The van der Waals surface area contributed by atoms with Crippen LogP contribution in [0.2, 0.25) is 0 Å². The van der Waals surface area contributed by atoms with Crippen LogP contribution >= 0.6 is 0 Å². The van der Waals surface area contributed by atoms with E-state index in [-0.39, 0.29) is 5.54 Å². The Bertz CT molecular complexity index is 1150. The maximum absolute atomic E-state index is 9.89. The SMILES string of the molecule is CCN(Cc1ccc(CCNC(C)(C)C)cc1)c1cc(OC)ccc1[C@@H]1CCc2cc(O)ccc2C1. The molecule has 2 N–H and O–H groups in total. The number of nitrogens with zero attached hydrogens (tertiary/aromatic N) is 1. The average Bonchev–Trinajstić information content (AvgIpc) is 2.86. The van der Waals surface area contributed by atoms with Gasteiger partial charge < -0.3 is 20.1 Å². The Labute approximate surface area is 217 Å². The number of fused-ring (bicyclic) bond motifs is 1. The van der Waals surface area contributed by atoms with Crippen molar-refractivity contribution in [2.24, 2.45) is 0 Å². The molecule has 0 aliphatic heterocycles. The molecule has 192 valence electrons. The number of nitrogens with one attached hydrogen (secondary N) is 1. The van der Waals surface area contributed by atoms with Crippen molar-refractivity contribution in [1.82, 2.24) is 5.32 Å². The molecule has 1 aliphatic rings. The molecule has 0 unspecified atom stereocenters. The Hall–Kier alpha value is -2.98. The van der Waals surface area contributed by atoms with Crippen LogP contribution in [0, 0.1) is 0 Å². The summed E-state index contributed by atoms with van der Waals surface area (Å²) in [6.07, 6.45) is 4.13. The lowest BCUT2D eigenvalue weighted by molar-refractivity contribution is 0.414. The monoisotopic (exact) mass is 486 g/mol. The Kier molecular flexibility index (Phi) is 8.25. The van der Waals surface area contributed by atoms with Crippen LogP contribution in [-0.2, 0) is 25.8 Å². The van der Waals surface area contributed by atoms with Gasteiger partial charge in [0.25, 0.3) is 0 Å². The fraction of sp³-hybridized carbons (Fsp3) is 0.438. The molecule has 0 saturated heterocycles. The van der Waals surface area contributed by atoms with Crippen molar-refractivity contribution in [2.75, 3.05) is 25.1 Å². The van der Waals surface area contributed by atoms with Crippen LogP contribution in [0.5, 0.6) is 11.5 Å². The van der Waals surface area contributed by atoms with Gasteiger partial charge in [-0.25, -0.2) is 0 Å². The van der Waals surface area contributed by atoms with Gasteiger partial charge in [0.2, 0.25) is 0 Å². The highest BCUT2D eigenvalue weighted by molar-refractivity contribution is 5.60. The predicted molar refractivity (Wildman–Crippen MR) is 150 cm³/mol. The zero-order valence-corrected chi connectivity index (χ0v) is 22.6. The van der Waals surface area contributed by atoms with Gasteiger partial charge >= 0.3 is 0 Å². The highest BCUT2D eigenvalue weighted by Gasteiger charge is 2.24. The van der Waals surface area contributed by atoms with E-state index in [2.05, 4.69) is 86.4 Å². The predicted octanol–water partition coefficient (Wildman–Crippen LogP) is 6.63. The van der Waals surface area contributed by atoms with Gasteiger partial charge in [-0.3, -0.25) is 0 Å². The molecule has 36 heavy (non-hydrogen) atoms. The van der Waals surface area contributed by atoms with E-state index in [1.54, 1.807) is 7.11 Å². The van der Waals surface area contributed by atoms with Gasteiger partial charge in [-0.2, -0.15) is 0 Å². The summed E-state index contributed by atoms with van der Waals surface area (Å²) in [5.74, 6) is 1.72. The van der Waals surface area contributed by atoms with Gasteiger partial charge in [0.1, 0.15) is 11.5 Å². The second-order valence-corrected chi connectivity index (χ2v) is 11.1. The molecule has 3 aromatic rings. The minimum atomic E-state index is 0.151. The minimum Gasteiger partial charge on any atom is -0.508 e. The number of ether oxygens (including phenoxy) is 1. The zero-order chi connectivity index (χ0) is 25.7. The molecule has 4 rings (SSSR count). The van der Waals surface area contributed by atoms with Crippen LogP contribution in [0.15, 0.2) is 60.7 Å². The summed E-state index contributed by atoms with van der Waals surface area (Å²) in [5, 5.41) is 13.5. The number of hydrogen-bond acceptors (Lipinski definition) is 4. The van der Waals surface area contributed by atoms with Gasteiger partial charge in [-0.05, 0) is 112 Å². The van der Waals surface area contributed by atoms with Crippen molar-refractivity contribution >= 4 is 5.69 Å². The number of aryl methyl sites for hydroxylation is 1. The summed E-state index contributed by atoms with van der Waals surface area (Å²) in [4.78, 5) is 2.47. The van der Waals surface area contributed by atoms with Crippen molar-refractivity contribution in [3.8, 4) is 11.5 Å². The van der Waals surface area contributed by atoms with Crippen molar-refractivity contribution in [3.05, 3.63) is 88.5 Å². The van der Waals surface area contributed by atoms with E-state index in [1.165, 1.54) is 33.5 Å². The smallest absolute Gasteiger partial charge is 0.120 e. The highest BCUT2D eigenvalue weighted by Crippen LogP contribution is 2.40. The van der Waals surface area contributed by atoms with E-state index in [9.17, 15) is 5.11 Å². The molecule has 4 heteroatoms. The Morgan fingerprint density at radius 2 is 1.72 bits per heavy atom. The van der Waals surface area contributed by atoms with Crippen LogP contribution in [-0.4, -0.2) is 30.8 Å². The molecule has 3 aromatic carbocycles. The summed E-state index contributed by atoms with van der Waals surface area (Å²) in [5.41, 5.74) is 8.13. The maximum atomic E-state index is 9.89. The lowest BCUT2D eigenvalue weighted by atomic mass is 9.79. The largest absolute Gasteiger partial charge is 0.508 e. The van der Waals surface area contributed by atoms with Gasteiger partial charge in [0.05, 0.1) is 7.11 Å². The number of aromatic hydroxyl groups is 1. The van der Waals surface area contributed by atoms with Crippen molar-refractivity contribution in [2.45, 2.75) is 71.4 Å². The third-order valence-corrected chi connectivity index (χ3v) is 7.28. The number of phenolic OH excluding ortho intramolecular Hbond substituents is 1. The number of benzene rings is 3. The van der Waals surface area contributed by atoms with Crippen molar-refractivity contribution in [3.63, 3.8) is 0 Å². The van der Waals surface area contributed by atoms with E-state index in [0.29, 0.717) is 11.7 Å². The normalized spacial score (nSPS) is 15.4. The molecule has 4 nitrogen and oxygen atoms in total. The summed E-state index contributed by atoms with van der Waals surface area (Å²) >= 11 is 0. The number of anilines is 1. The summed E-state index contributed by atoms with van der Waals surface area (Å²) < 4.78 is 5.63. The summed E-state index contributed by atoms with van der Waals surface area (Å²) in [6, 6.07) is 21.5. The Balaban J connectivity index is 1.52. The van der Waals surface area contributed by atoms with Crippen LogP contribution in [0.4, 0.5) is 5.69 Å². The third kappa shape index (κ3) is 6.61.